The van der Waals surface area contributed by atoms with Crippen LogP contribution < -0.4 is 4.74 Å². The van der Waals surface area contributed by atoms with Crippen LogP contribution in [0, 0.1) is 0 Å². The summed E-state index contributed by atoms with van der Waals surface area (Å²) < 4.78 is 4.99. The van der Waals surface area contributed by atoms with Crippen LogP contribution in [0.4, 0.5) is 0 Å². The van der Waals surface area contributed by atoms with Gasteiger partial charge in [-0.3, -0.25) is 0 Å². The maximum absolute atomic E-state index is 10.7. The Balaban J connectivity index is 2.37. The summed E-state index contributed by atoms with van der Waals surface area (Å²) in [6.45, 7) is 0. The largest absolute Gasteiger partial charge is 0.478 e. The molecule has 2 aromatic rings. The van der Waals surface area contributed by atoms with Gasteiger partial charge >= 0.3 is 11.9 Å². The molecule has 0 saturated carbocycles. The van der Waals surface area contributed by atoms with E-state index in [9.17, 15) is 9.59 Å². The molecule has 0 aliphatic carbocycles. The highest BCUT2D eigenvalue weighted by molar-refractivity contribution is 5.97. The summed E-state index contributed by atoms with van der Waals surface area (Å²) in [6, 6.07) is 6.63. The normalized spacial score (nSPS) is 10.6. The summed E-state index contributed by atoms with van der Waals surface area (Å²) in [5, 5.41) is 18.1. The Kier molecular flexibility index (Phi) is 2.70. The molecule has 3 N–H and O–H groups in total. The lowest BCUT2D eigenvalue weighted by Crippen LogP contribution is -2.35. The third-order valence-electron chi connectivity index (χ3n) is 2.25. The van der Waals surface area contributed by atoms with Gasteiger partial charge in [-0.15, -0.1) is 0 Å². The van der Waals surface area contributed by atoms with E-state index in [2.05, 4.69) is 4.98 Å². The van der Waals surface area contributed by atoms with Gasteiger partial charge in [0.1, 0.15) is 5.75 Å². The van der Waals surface area contributed by atoms with Crippen LogP contribution in [0.25, 0.3) is 10.9 Å². The molecule has 88 valence electrons. The molecule has 2 rings (SSSR count). The Morgan fingerprint density at radius 2 is 1.88 bits per heavy atom. The first-order valence-corrected chi connectivity index (χ1v) is 4.78. The maximum Gasteiger partial charge on any atom is 0.356 e. The Hall–Kier alpha value is -2.50. The number of carboxylic acid groups (broad SMARTS) is 2. The van der Waals surface area contributed by atoms with Crippen molar-refractivity contribution in [3.63, 3.8) is 0 Å². The van der Waals surface area contributed by atoms with Crippen molar-refractivity contribution in [2.45, 2.75) is 6.10 Å². The number of hydrogen-bond acceptors (Lipinski definition) is 3. The first kappa shape index (κ1) is 11.0. The highest BCUT2D eigenvalue weighted by atomic mass is 16.5. The predicted octanol–water partition coefficient (Wildman–Crippen LogP) is 1.08. The number of aromatic amines is 1. The molecule has 0 spiro atoms. The molecular formula is C11H9NO5. The highest BCUT2D eigenvalue weighted by Crippen LogP contribution is 2.25. The minimum atomic E-state index is -1.91. The summed E-state index contributed by atoms with van der Waals surface area (Å²) in [7, 11) is 0. The van der Waals surface area contributed by atoms with Crippen LogP contribution >= 0.6 is 0 Å². The van der Waals surface area contributed by atoms with Gasteiger partial charge in [-0.1, -0.05) is 6.07 Å². The van der Waals surface area contributed by atoms with E-state index < -0.39 is 18.0 Å². The van der Waals surface area contributed by atoms with Crippen molar-refractivity contribution in [3.05, 3.63) is 30.5 Å². The van der Waals surface area contributed by atoms with Crippen molar-refractivity contribution in [1.82, 2.24) is 4.98 Å². The first-order chi connectivity index (χ1) is 8.09. The number of rotatable bonds is 4. The van der Waals surface area contributed by atoms with E-state index in [1.807, 2.05) is 0 Å². The Labute approximate surface area is 95.4 Å². The molecule has 0 bridgehead atoms. The lowest BCUT2D eigenvalue weighted by atomic mass is 10.2. The Bertz CT molecular complexity index is 560. The number of carbonyl (C=O) groups is 2. The van der Waals surface area contributed by atoms with Crippen molar-refractivity contribution >= 4 is 22.8 Å². The molecule has 0 aliphatic rings. The number of fused-ring (bicyclic) bond motifs is 1. The van der Waals surface area contributed by atoms with E-state index in [0.717, 1.165) is 5.52 Å². The van der Waals surface area contributed by atoms with Gasteiger partial charge in [0.15, 0.2) is 0 Å². The van der Waals surface area contributed by atoms with Gasteiger partial charge in [0.05, 0.1) is 0 Å². The third-order valence-corrected chi connectivity index (χ3v) is 2.25. The molecule has 1 aromatic heterocycles. The predicted molar refractivity (Wildman–Crippen MR) is 58.0 cm³/mol. The molecule has 0 unspecified atom stereocenters. The number of hydrogen-bond donors (Lipinski definition) is 3. The molecule has 17 heavy (non-hydrogen) atoms. The minimum Gasteiger partial charge on any atom is -0.478 e. The Morgan fingerprint density at radius 3 is 2.53 bits per heavy atom. The number of aromatic nitrogens is 1. The molecule has 1 aromatic carbocycles. The van der Waals surface area contributed by atoms with Crippen molar-refractivity contribution in [2.24, 2.45) is 0 Å². The molecule has 6 heteroatoms. The number of nitrogens with one attached hydrogen (secondary N) is 1. The van der Waals surface area contributed by atoms with Crippen LogP contribution in [0.1, 0.15) is 0 Å². The standard InChI is InChI=1S/C11H9NO5/c13-10(14)9(11(15)16)17-8-3-1-2-7-6(8)4-5-12-7/h1-5,9,12H,(H,13,14)(H,15,16). The zero-order chi connectivity index (χ0) is 12.4. The molecule has 6 nitrogen and oxygen atoms in total. The van der Waals surface area contributed by atoms with Crippen LogP contribution in [0.3, 0.4) is 0 Å². The van der Waals surface area contributed by atoms with Gasteiger partial charge in [-0.2, -0.15) is 0 Å². The number of ether oxygens (including phenoxy) is 1. The van der Waals surface area contributed by atoms with Crippen molar-refractivity contribution in [1.29, 1.82) is 0 Å². The van der Waals surface area contributed by atoms with Crippen molar-refractivity contribution in [2.75, 3.05) is 0 Å². The van der Waals surface area contributed by atoms with Gasteiger partial charge in [-0.25, -0.2) is 9.59 Å². The van der Waals surface area contributed by atoms with Gasteiger partial charge in [0, 0.05) is 17.1 Å². The van der Waals surface area contributed by atoms with Gasteiger partial charge < -0.3 is 19.9 Å². The fraction of sp³-hybridized carbons (Fsp3) is 0.0909. The van der Waals surface area contributed by atoms with E-state index in [1.54, 1.807) is 24.4 Å². The minimum absolute atomic E-state index is 0.221. The first-order valence-electron chi connectivity index (χ1n) is 4.78. The average molecular weight is 235 g/mol. The summed E-state index contributed by atoms with van der Waals surface area (Å²) in [5.74, 6) is -2.85. The molecule has 1 heterocycles. The summed E-state index contributed by atoms with van der Waals surface area (Å²) >= 11 is 0. The molecule has 0 amide bonds. The smallest absolute Gasteiger partial charge is 0.356 e. The lowest BCUT2D eigenvalue weighted by Gasteiger charge is -2.11. The number of aliphatic carboxylic acids is 2. The van der Waals surface area contributed by atoms with Crippen molar-refractivity contribution < 1.29 is 24.5 Å². The van der Waals surface area contributed by atoms with Gasteiger partial charge in [0.2, 0.25) is 0 Å². The molecule has 0 atom stereocenters. The van der Waals surface area contributed by atoms with Crippen LogP contribution in [-0.2, 0) is 9.59 Å². The topological polar surface area (TPSA) is 99.6 Å². The fourth-order valence-electron chi connectivity index (χ4n) is 1.49. The van der Waals surface area contributed by atoms with Crippen LogP contribution in [-0.4, -0.2) is 33.2 Å². The Morgan fingerprint density at radius 1 is 1.18 bits per heavy atom. The van der Waals surface area contributed by atoms with E-state index in [1.165, 1.54) is 6.07 Å². The summed E-state index contributed by atoms with van der Waals surface area (Å²) in [6.07, 6.45) is -0.246. The summed E-state index contributed by atoms with van der Waals surface area (Å²) in [5.41, 5.74) is 0.747. The monoisotopic (exact) mass is 235 g/mol. The second-order valence-corrected chi connectivity index (χ2v) is 3.37. The summed E-state index contributed by atoms with van der Waals surface area (Å²) in [4.78, 5) is 24.3. The average Bonchev–Trinajstić information content (AvgIpc) is 2.73. The number of carboxylic acids is 2. The van der Waals surface area contributed by atoms with Crippen LogP contribution in [0.15, 0.2) is 30.5 Å². The van der Waals surface area contributed by atoms with Crippen LogP contribution in [0.5, 0.6) is 5.75 Å². The number of benzene rings is 1. The van der Waals surface area contributed by atoms with E-state index in [-0.39, 0.29) is 5.75 Å². The maximum atomic E-state index is 10.7. The second kappa shape index (κ2) is 4.17. The van der Waals surface area contributed by atoms with Crippen molar-refractivity contribution in [3.8, 4) is 5.75 Å². The van der Waals surface area contributed by atoms with E-state index in [0.29, 0.717) is 5.39 Å². The second-order valence-electron chi connectivity index (χ2n) is 3.37. The quantitative estimate of drug-likeness (QED) is 0.688. The molecular weight excluding hydrogens is 226 g/mol. The zero-order valence-corrected chi connectivity index (χ0v) is 8.58. The lowest BCUT2D eigenvalue weighted by molar-refractivity contribution is -0.158. The SMILES string of the molecule is O=C(O)C(Oc1cccc2[nH]ccc12)C(=O)O. The van der Waals surface area contributed by atoms with Gasteiger partial charge in [-0.05, 0) is 18.2 Å². The molecule has 0 radical (unpaired) electrons. The van der Waals surface area contributed by atoms with E-state index in [4.69, 9.17) is 14.9 Å². The fourth-order valence-corrected chi connectivity index (χ4v) is 1.49. The number of H-pyrrole nitrogens is 1. The molecule has 0 saturated heterocycles. The molecule has 0 aliphatic heterocycles. The van der Waals surface area contributed by atoms with Gasteiger partial charge in [0.25, 0.3) is 6.10 Å². The third kappa shape index (κ3) is 2.05. The molecule has 0 fully saturated rings. The van der Waals surface area contributed by atoms with Crippen LogP contribution in [0.2, 0.25) is 0 Å². The zero-order valence-electron chi connectivity index (χ0n) is 8.58. The highest BCUT2D eigenvalue weighted by Gasteiger charge is 2.28. The van der Waals surface area contributed by atoms with E-state index >= 15 is 0 Å².